The molecule has 1 fully saturated rings. The number of piperazine rings is 1. The number of nitrogens with zero attached hydrogens (tertiary/aromatic N) is 3. The molecule has 1 heterocycles. The van der Waals surface area contributed by atoms with Gasteiger partial charge in [-0.05, 0) is 42.8 Å². The van der Waals surface area contributed by atoms with Crippen molar-refractivity contribution in [1.82, 2.24) is 14.1 Å². The molecule has 0 saturated carbocycles. The number of halogens is 1. The minimum absolute atomic E-state index is 0.0916. The van der Waals surface area contributed by atoms with E-state index < -0.39 is 15.8 Å². The van der Waals surface area contributed by atoms with Crippen LogP contribution in [0.1, 0.15) is 26.3 Å². The highest BCUT2D eigenvalue weighted by Gasteiger charge is 2.28. The van der Waals surface area contributed by atoms with Crippen LogP contribution in [-0.4, -0.2) is 81.7 Å². The Kier molecular flexibility index (Phi) is 6.85. The molecule has 0 bridgehead atoms. The summed E-state index contributed by atoms with van der Waals surface area (Å²) >= 11 is 0. The molecule has 10 heteroatoms. The molecule has 0 unspecified atom stereocenters. The molecule has 2 amide bonds. The molecule has 2 aromatic carbocycles. The SMILES string of the molecule is COc1ccc(C(=O)N2CCN(C(=O)c3ccc(C)c(F)c3)CC2)cc1S(=O)(=O)N(C)C. The fraction of sp³-hybridized carbons (Fsp3) is 0.364. The molecule has 2 aromatic rings. The van der Waals surface area contributed by atoms with Gasteiger partial charge in [0.2, 0.25) is 10.0 Å². The van der Waals surface area contributed by atoms with Crippen LogP contribution in [0.5, 0.6) is 5.75 Å². The molecule has 32 heavy (non-hydrogen) atoms. The van der Waals surface area contributed by atoms with Crippen molar-refractivity contribution >= 4 is 21.8 Å². The van der Waals surface area contributed by atoms with Gasteiger partial charge in [-0.3, -0.25) is 9.59 Å². The number of benzene rings is 2. The van der Waals surface area contributed by atoms with Gasteiger partial charge < -0.3 is 14.5 Å². The van der Waals surface area contributed by atoms with Gasteiger partial charge in [0, 0.05) is 51.4 Å². The smallest absolute Gasteiger partial charge is 0.254 e. The van der Waals surface area contributed by atoms with Crippen LogP contribution in [0.2, 0.25) is 0 Å². The molecule has 172 valence electrons. The van der Waals surface area contributed by atoms with Crippen molar-refractivity contribution < 1.29 is 27.1 Å². The lowest BCUT2D eigenvalue weighted by Gasteiger charge is -2.35. The highest BCUT2D eigenvalue weighted by molar-refractivity contribution is 7.89. The van der Waals surface area contributed by atoms with Gasteiger partial charge in [-0.25, -0.2) is 17.1 Å². The molecule has 3 rings (SSSR count). The van der Waals surface area contributed by atoms with Crippen molar-refractivity contribution in [2.45, 2.75) is 11.8 Å². The second-order valence-corrected chi connectivity index (χ2v) is 9.82. The molecule has 8 nitrogen and oxygen atoms in total. The van der Waals surface area contributed by atoms with Crippen LogP contribution in [-0.2, 0) is 10.0 Å². The Morgan fingerprint density at radius 3 is 1.91 bits per heavy atom. The first-order chi connectivity index (χ1) is 15.1. The highest BCUT2D eigenvalue weighted by Crippen LogP contribution is 2.27. The number of sulfonamides is 1. The second kappa shape index (κ2) is 9.25. The Morgan fingerprint density at radius 2 is 1.44 bits per heavy atom. The molecule has 1 saturated heterocycles. The van der Waals surface area contributed by atoms with E-state index in [0.717, 1.165) is 4.31 Å². The first kappa shape index (κ1) is 23.7. The third kappa shape index (κ3) is 4.61. The molecule has 0 radical (unpaired) electrons. The average molecular weight is 464 g/mol. The first-order valence-corrected chi connectivity index (χ1v) is 11.5. The van der Waals surface area contributed by atoms with E-state index in [0.29, 0.717) is 18.7 Å². The van der Waals surface area contributed by atoms with E-state index in [9.17, 15) is 22.4 Å². The summed E-state index contributed by atoms with van der Waals surface area (Å²) in [6.07, 6.45) is 0. The van der Waals surface area contributed by atoms with Crippen molar-refractivity contribution in [2.75, 3.05) is 47.4 Å². The third-order valence-corrected chi connectivity index (χ3v) is 7.28. The van der Waals surface area contributed by atoms with Gasteiger partial charge in [0.05, 0.1) is 7.11 Å². The zero-order valence-corrected chi connectivity index (χ0v) is 19.3. The van der Waals surface area contributed by atoms with Crippen LogP contribution in [0.4, 0.5) is 4.39 Å². The molecular formula is C22H26FN3O5S. The quantitative estimate of drug-likeness (QED) is 0.677. The summed E-state index contributed by atoms with van der Waals surface area (Å²) in [7, 11) is 0.358. The molecular weight excluding hydrogens is 437 g/mol. The van der Waals surface area contributed by atoms with Crippen molar-refractivity contribution in [3.05, 3.63) is 58.9 Å². The van der Waals surface area contributed by atoms with E-state index >= 15 is 0 Å². The largest absolute Gasteiger partial charge is 0.495 e. The Balaban J connectivity index is 1.74. The number of hydrogen-bond donors (Lipinski definition) is 0. The number of methoxy groups -OCH3 is 1. The fourth-order valence-corrected chi connectivity index (χ4v) is 4.49. The first-order valence-electron chi connectivity index (χ1n) is 10.0. The van der Waals surface area contributed by atoms with E-state index in [-0.39, 0.29) is 46.7 Å². The number of amides is 2. The monoisotopic (exact) mass is 463 g/mol. The van der Waals surface area contributed by atoms with Crippen molar-refractivity contribution in [1.29, 1.82) is 0 Å². The Labute approximate surface area is 187 Å². The van der Waals surface area contributed by atoms with E-state index in [1.165, 1.54) is 45.5 Å². The van der Waals surface area contributed by atoms with E-state index in [2.05, 4.69) is 0 Å². The molecule has 1 aliphatic heterocycles. The van der Waals surface area contributed by atoms with Gasteiger partial charge in [0.1, 0.15) is 16.5 Å². The van der Waals surface area contributed by atoms with Crippen LogP contribution in [0, 0.1) is 12.7 Å². The average Bonchev–Trinajstić information content (AvgIpc) is 2.79. The molecule has 0 N–H and O–H groups in total. The molecule has 0 aliphatic carbocycles. The van der Waals surface area contributed by atoms with Gasteiger partial charge in [-0.15, -0.1) is 0 Å². The minimum Gasteiger partial charge on any atom is -0.495 e. The molecule has 0 aromatic heterocycles. The van der Waals surface area contributed by atoms with Gasteiger partial charge >= 0.3 is 0 Å². The number of carbonyl (C=O) groups excluding carboxylic acids is 2. The maximum atomic E-state index is 13.8. The predicted octanol–water partition coefficient (Wildman–Crippen LogP) is 1.99. The zero-order valence-electron chi connectivity index (χ0n) is 18.5. The fourth-order valence-electron chi connectivity index (χ4n) is 3.41. The zero-order chi connectivity index (χ0) is 23.6. The lowest BCUT2D eigenvalue weighted by Crippen LogP contribution is -2.50. The number of hydrogen-bond acceptors (Lipinski definition) is 5. The van der Waals surface area contributed by atoms with Gasteiger partial charge in [0.15, 0.2) is 0 Å². The van der Waals surface area contributed by atoms with Crippen LogP contribution >= 0.6 is 0 Å². The Hall–Kier alpha value is -2.98. The third-order valence-electron chi connectivity index (χ3n) is 5.44. The number of aryl methyl sites for hydroxylation is 1. The Bertz CT molecular complexity index is 1140. The van der Waals surface area contributed by atoms with E-state index in [1.54, 1.807) is 28.9 Å². The number of rotatable bonds is 5. The normalized spacial score (nSPS) is 14.6. The Morgan fingerprint density at radius 1 is 0.938 bits per heavy atom. The van der Waals surface area contributed by atoms with Crippen LogP contribution in [0.3, 0.4) is 0 Å². The highest BCUT2D eigenvalue weighted by atomic mass is 32.2. The van der Waals surface area contributed by atoms with Crippen LogP contribution in [0.25, 0.3) is 0 Å². The summed E-state index contributed by atoms with van der Waals surface area (Å²) < 4.78 is 45.2. The standard InChI is InChI=1S/C22H26FN3O5S/c1-15-5-6-16(13-18(15)23)21(27)25-9-11-26(12-10-25)22(28)17-7-8-19(31-4)20(14-17)32(29,30)24(2)3/h5-8,13-14H,9-12H2,1-4H3. The minimum atomic E-state index is -3.81. The molecule has 1 aliphatic rings. The van der Waals surface area contributed by atoms with Crippen LogP contribution in [0.15, 0.2) is 41.3 Å². The molecule has 0 atom stereocenters. The van der Waals surface area contributed by atoms with Gasteiger partial charge in [-0.2, -0.15) is 0 Å². The van der Waals surface area contributed by atoms with Crippen molar-refractivity contribution in [3.8, 4) is 5.75 Å². The topological polar surface area (TPSA) is 87.2 Å². The van der Waals surface area contributed by atoms with Crippen molar-refractivity contribution in [2.24, 2.45) is 0 Å². The predicted molar refractivity (Wildman–Crippen MR) is 117 cm³/mol. The van der Waals surface area contributed by atoms with Crippen LogP contribution < -0.4 is 4.74 Å². The summed E-state index contributed by atoms with van der Waals surface area (Å²) in [6, 6.07) is 8.65. The summed E-state index contributed by atoms with van der Waals surface area (Å²) in [5.41, 5.74) is 0.945. The van der Waals surface area contributed by atoms with E-state index in [1.807, 2.05) is 0 Å². The summed E-state index contributed by atoms with van der Waals surface area (Å²) in [6.45, 7) is 2.77. The lowest BCUT2D eigenvalue weighted by atomic mass is 10.1. The summed E-state index contributed by atoms with van der Waals surface area (Å²) in [5.74, 6) is -0.917. The number of ether oxygens (including phenoxy) is 1. The van der Waals surface area contributed by atoms with E-state index in [4.69, 9.17) is 4.74 Å². The maximum absolute atomic E-state index is 13.8. The number of carbonyl (C=O) groups is 2. The second-order valence-electron chi connectivity index (χ2n) is 7.70. The summed E-state index contributed by atoms with van der Waals surface area (Å²) in [4.78, 5) is 28.7. The van der Waals surface area contributed by atoms with Gasteiger partial charge in [0.25, 0.3) is 11.8 Å². The maximum Gasteiger partial charge on any atom is 0.254 e. The summed E-state index contributed by atoms with van der Waals surface area (Å²) in [5, 5.41) is 0. The lowest BCUT2D eigenvalue weighted by molar-refractivity contribution is 0.0535. The van der Waals surface area contributed by atoms with Crippen molar-refractivity contribution in [3.63, 3.8) is 0 Å². The molecule has 0 spiro atoms. The van der Waals surface area contributed by atoms with Gasteiger partial charge in [-0.1, -0.05) is 6.07 Å².